The van der Waals surface area contributed by atoms with E-state index in [2.05, 4.69) is 104 Å². The highest BCUT2D eigenvalue weighted by Gasteiger charge is 2.18. The second-order valence-electron chi connectivity index (χ2n) is 20.7. The summed E-state index contributed by atoms with van der Waals surface area (Å²) in [5.41, 5.74) is 0. The van der Waals surface area contributed by atoms with Crippen LogP contribution in [-0.4, -0.2) is 34.9 Å². The van der Waals surface area contributed by atoms with Crippen molar-refractivity contribution in [1.82, 2.24) is 5.32 Å². The number of aliphatic hydroxyl groups excluding tert-OH is 2. The number of amides is 1. The van der Waals surface area contributed by atoms with Gasteiger partial charge in [-0.1, -0.05) is 304 Å². The van der Waals surface area contributed by atoms with E-state index in [4.69, 9.17) is 0 Å². The van der Waals surface area contributed by atoms with Crippen molar-refractivity contribution in [3.8, 4) is 0 Å². The monoisotopic (exact) mass is 986 g/mol. The molecule has 0 saturated carbocycles. The number of carbonyl (C=O) groups excluding carboxylic acids is 1. The summed E-state index contributed by atoms with van der Waals surface area (Å²) in [5, 5.41) is 23.2. The molecule has 4 nitrogen and oxygen atoms in total. The molecule has 0 fully saturated rings. The van der Waals surface area contributed by atoms with Crippen LogP contribution in [0.4, 0.5) is 0 Å². The summed E-state index contributed by atoms with van der Waals surface area (Å²) in [6, 6.07) is -0.649. The average Bonchev–Trinajstić information content (AvgIpc) is 3.37. The van der Waals surface area contributed by atoms with Crippen LogP contribution in [0.5, 0.6) is 0 Å². The normalized spacial score (nSPS) is 13.5. The molecule has 410 valence electrons. The summed E-state index contributed by atoms with van der Waals surface area (Å²) in [6.07, 6.45) is 91.7. The Hall–Kier alpha value is -2.69. The van der Waals surface area contributed by atoms with Crippen molar-refractivity contribution in [3.63, 3.8) is 0 Å². The fourth-order valence-corrected chi connectivity index (χ4v) is 9.12. The molecule has 0 saturated heterocycles. The van der Waals surface area contributed by atoms with E-state index in [1.165, 1.54) is 212 Å². The molecule has 2 atom stereocenters. The van der Waals surface area contributed by atoms with Crippen molar-refractivity contribution in [2.75, 3.05) is 6.61 Å². The molecule has 0 aromatic rings. The lowest BCUT2D eigenvalue weighted by atomic mass is 10.0. The second kappa shape index (κ2) is 61.6. The molecule has 0 bridgehead atoms. The quantitative estimate of drug-likeness (QED) is 0.0420. The number of unbranched alkanes of at least 4 members (excludes halogenated alkanes) is 35. The summed E-state index contributed by atoms with van der Waals surface area (Å²) in [5.74, 6) is -0.0758. The van der Waals surface area contributed by atoms with Crippen LogP contribution in [0.1, 0.15) is 303 Å². The van der Waals surface area contributed by atoms with E-state index in [1.54, 1.807) is 6.08 Å². The van der Waals surface area contributed by atoms with Gasteiger partial charge >= 0.3 is 0 Å². The van der Waals surface area contributed by atoms with Gasteiger partial charge in [0.25, 0.3) is 0 Å². The maximum Gasteiger partial charge on any atom is 0.220 e. The van der Waals surface area contributed by atoms with Gasteiger partial charge < -0.3 is 15.5 Å². The fourth-order valence-electron chi connectivity index (χ4n) is 9.12. The van der Waals surface area contributed by atoms with Crippen LogP contribution in [0.2, 0.25) is 0 Å². The summed E-state index contributed by atoms with van der Waals surface area (Å²) in [4.78, 5) is 12.5. The number of rotatable bonds is 56. The minimum atomic E-state index is -0.874. The molecule has 0 radical (unpaired) electrons. The van der Waals surface area contributed by atoms with Gasteiger partial charge in [0, 0.05) is 6.42 Å². The van der Waals surface area contributed by atoms with Crippen molar-refractivity contribution < 1.29 is 15.0 Å². The average molecular weight is 987 g/mol. The molecule has 71 heavy (non-hydrogen) atoms. The van der Waals surface area contributed by atoms with Crippen LogP contribution in [0.25, 0.3) is 0 Å². The molecular formula is C67H119NO3. The van der Waals surface area contributed by atoms with Gasteiger partial charge in [-0.25, -0.2) is 0 Å². The molecule has 0 aliphatic rings. The van der Waals surface area contributed by atoms with E-state index in [0.29, 0.717) is 6.42 Å². The Kier molecular flexibility index (Phi) is 59.3. The predicted molar refractivity (Wildman–Crippen MR) is 317 cm³/mol. The molecular weight excluding hydrogens is 867 g/mol. The maximum absolute atomic E-state index is 12.5. The largest absolute Gasteiger partial charge is 0.394 e. The zero-order valence-electron chi connectivity index (χ0n) is 47.2. The van der Waals surface area contributed by atoms with Crippen LogP contribution < -0.4 is 5.32 Å². The Balaban J connectivity index is 3.51. The maximum atomic E-state index is 12.5. The van der Waals surface area contributed by atoms with Crippen molar-refractivity contribution in [3.05, 3.63) is 97.2 Å². The van der Waals surface area contributed by atoms with E-state index in [1.807, 2.05) is 6.08 Å². The lowest BCUT2D eigenvalue weighted by Gasteiger charge is -2.19. The number of hydrogen-bond donors (Lipinski definition) is 3. The molecule has 4 heteroatoms. The van der Waals surface area contributed by atoms with Gasteiger partial charge in [-0.05, 0) is 89.9 Å². The molecule has 1 amide bonds. The third-order valence-electron chi connectivity index (χ3n) is 13.8. The second-order valence-corrected chi connectivity index (χ2v) is 20.7. The number of aliphatic hydroxyl groups is 2. The molecule has 0 spiro atoms. The van der Waals surface area contributed by atoms with Crippen molar-refractivity contribution in [1.29, 1.82) is 0 Å². The van der Waals surface area contributed by atoms with Crippen LogP contribution in [0, 0.1) is 0 Å². The Labute approximate surface area is 443 Å². The van der Waals surface area contributed by atoms with Crippen molar-refractivity contribution in [2.24, 2.45) is 0 Å². The molecule has 0 aromatic carbocycles. The fraction of sp³-hybridized carbons (Fsp3) is 0.746. The highest BCUT2D eigenvalue weighted by atomic mass is 16.3. The zero-order valence-corrected chi connectivity index (χ0v) is 47.2. The first-order valence-corrected chi connectivity index (χ1v) is 31.0. The van der Waals surface area contributed by atoms with Gasteiger partial charge in [0.1, 0.15) is 0 Å². The van der Waals surface area contributed by atoms with E-state index in [9.17, 15) is 15.0 Å². The third kappa shape index (κ3) is 58.1. The first-order valence-electron chi connectivity index (χ1n) is 31.0. The highest BCUT2D eigenvalue weighted by Crippen LogP contribution is 2.17. The van der Waals surface area contributed by atoms with Crippen LogP contribution in [0.15, 0.2) is 97.2 Å². The van der Waals surface area contributed by atoms with E-state index < -0.39 is 12.1 Å². The van der Waals surface area contributed by atoms with Gasteiger partial charge in [-0.15, -0.1) is 0 Å². The molecule has 3 N–H and O–H groups in total. The van der Waals surface area contributed by atoms with E-state index in [-0.39, 0.29) is 12.5 Å². The lowest BCUT2D eigenvalue weighted by Crippen LogP contribution is -2.45. The Morgan fingerprint density at radius 3 is 0.986 bits per heavy atom. The van der Waals surface area contributed by atoms with Gasteiger partial charge in [-0.3, -0.25) is 4.79 Å². The number of carbonyl (C=O) groups is 1. The van der Waals surface area contributed by atoms with Crippen LogP contribution in [0.3, 0.4) is 0 Å². The topological polar surface area (TPSA) is 69.6 Å². The lowest BCUT2D eigenvalue weighted by molar-refractivity contribution is -0.123. The molecule has 0 heterocycles. The minimum Gasteiger partial charge on any atom is -0.394 e. The van der Waals surface area contributed by atoms with Gasteiger partial charge in [0.15, 0.2) is 0 Å². The first kappa shape index (κ1) is 68.3. The molecule has 0 aliphatic heterocycles. The highest BCUT2D eigenvalue weighted by molar-refractivity contribution is 5.76. The number of nitrogens with one attached hydrogen (secondary N) is 1. The summed E-state index contributed by atoms with van der Waals surface area (Å²) >= 11 is 0. The van der Waals surface area contributed by atoms with Crippen LogP contribution >= 0.6 is 0 Å². The first-order chi connectivity index (χ1) is 35.2. The Bertz CT molecular complexity index is 1300. The summed E-state index contributed by atoms with van der Waals surface area (Å²) < 4.78 is 0. The smallest absolute Gasteiger partial charge is 0.220 e. The van der Waals surface area contributed by atoms with E-state index in [0.717, 1.165) is 70.6 Å². The van der Waals surface area contributed by atoms with Crippen molar-refractivity contribution >= 4 is 5.91 Å². The number of hydrogen-bond acceptors (Lipinski definition) is 3. The Morgan fingerprint density at radius 1 is 0.352 bits per heavy atom. The van der Waals surface area contributed by atoms with Crippen LogP contribution in [-0.2, 0) is 4.79 Å². The number of allylic oxidation sites excluding steroid dienone is 15. The molecule has 0 rings (SSSR count). The third-order valence-corrected chi connectivity index (χ3v) is 13.8. The summed E-state index contributed by atoms with van der Waals surface area (Å²) in [6.45, 7) is 4.20. The SMILES string of the molecule is CC/C=C\C/C=C\C/C=C\C/C=C\C/C=C\CCCCCCCCCCCCCCCCCCCCCCCC(=O)NC(CO)C(O)/C=C/CC/C=C/CC/C=C/CCCCCCCCCCCCCC. The zero-order chi connectivity index (χ0) is 51.3. The standard InChI is InChI=1S/C67H119NO3/c1-3-5-7-9-11-13-15-17-19-21-23-25-27-28-29-30-31-32-33-34-35-36-37-38-39-40-41-43-45-47-49-51-53-55-57-59-61-63-67(71)68-65(64-69)66(70)62-60-58-56-54-52-50-48-46-44-42-26-24-22-20-18-16-14-12-10-8-6-4-2/h5,7,11,13,17,19,23,25,28-29,44,46,52,54,60,62,65-66,69-70H,3-4,6,8-10,12,14-16,18,20-22,24,26-27,30-43,45,47-51,53,55-59,61,63-64H2,1-2H3,(H,68,71)/b7-5-,13-11-,19-17-,25-23-,29-28-,46-44+,54-52+,62-60+. The van der Waals surface area contributed by atoms with Gasteiger partial charge in [0.05, 0.1) is 18.8 Å². The summed E-state index contributed by atoms with van der Waals surface area (Å²) in [7, 11) is 0. The van der Waals surface area contributed by atoms with Gasteiger partial charge in [0.2, 0.25) is 5.91 Å². The molecule has 2 unspecified atom stereocenters. The molecule has 0 aliphatic carbocycles. The van der Waals surface area contributed by atoms with Gasteiger partial charge in [-0.2, -0.15) is 0 Å². The molecule has 0 aromatic heterocycles. The predicted octanol–water partition coefficient (Wildman–Crippen LogP) is 20.9. The van der Waals surface area contributed by atoms with Crippen molar-refractivity contribution in [2.45, 2.75) is 315 Å². The Morgan fingerprint density at radius 2 is 0.634 bits per heavy atom. The minimum absolute atomic E-state index is 0.0758. The van der Waals surface area contributed by atoms with E-state index >= 15 is 0 Å².